The Morgan fingerprint density at radius 2 is 1.69 bits per heavy atom. The molecule has 0 saturated heterocycles. The van der Waals surface area contributed by atoms with E-state index in [1.807, 2.05) is 0 Å². The van der Waals surface area contributed by atoms with Crippen LogP contribution in [0, 0.1) is 11.3 Å². The number of nitriles is 1. The number of nitrogens with one attached hydrogen (secondary N) is 1. The lowest BCUT2D eigenvalue weighted by molar-refractivity contribution is 0.268. The second kappa shape index (κ2) is 11.8. The van der Waals surface area contributed by atoms with Gasteiger partial charge in [-0.3, -0.25) is 0 Å². The van der Waals surface area contributed by atoms with E-state index < -0.39 is 10.0 Å². The molecule has 1 N–H and O–H groups in total. The molecule has 0 aliphatic heterocycles. The molecule has 0 bridgehead atoms. The third-order valence-corrected chi connectivity index (χ3v) is 8.55. The average molecular weight is 474 g/mol. The largest absolute Gasteiger partial charge is 0.313 e. The van der Waals surface area contributed by atoms with E-state index in [0.717, 1.165) is 51.6 Å². The molecule has 7 heteroatoms. The lowest BCUT2D eigenvalue weighted by atomic mass is 9.81. The van der Waals surface area contributed by atoms with E-state index in [1.54, 1.807) is 31.3 Å². The van der Waals surface area contributed by atoms with Gasteiger partial charge in [0, 0.05) is 31.1 Å². The van der Waals surface area contributed by atoms with Gasteiger partial charge in [-0.15, -0.1) is 0 Å². The van der Waals surface area contributed by atoms with Gasteiger partial charge < -0.3 is 5.32 Å². The fraction of sp³-hybridized carbons (Fsp3) is 0.480. The van der Waals surface area contributed by atoms with Crippen molar-refractivity contribution >= 4 is 21.6 Å². The topological polar surface area (TPSA) is 73.2 Å². The molecule has 1 aliphatic carbocycles. The zero-order valence-corrected chi connectivity index (χ0v) is 20.2. The van der Waals surface area contributed by atoms with E-state index in [1.165, 1.54) is 15.4 Å². The SMILES string of the molecule is CN(C1CCC(c2ccc(CNCCCCC#N)cc2)CC1)S(=O)(=O)c1ccc(Cl)cc1. The first-order chi connectivity index (χ1) is 15.4. The summed E-state index contributed by atoms with van der Waals surface area (Å²) >= 11 is 5.90. The molecule has 2 aromatic rings. The molecule has 2 aromatic carbocycles. The number of sulfonamides is 1. The Bertz CT molecular complexity index is 993. The van der Waals surface area contributed by atoms with Gasteiger partial charge in [0.1, 0.15) is 0 Å². The molecular formula is C25H32ClN3O2S. The van der Waals surface area contributed by atoms with Gasteiger partial charge in [0.2, 0.25) is 10.0 Å². The first-order valence-corrected chi connectivity index (χ1v) is 13.1. The molecule has 172 valence electrons. The maximum Gasteiger partial charge on any atom is 0.243 e. The summed E-state index contributed by atoms with van der Waals surface area (Å²) in [4.78, 5) is 0.292. The zero-order chi connectivity index (χ0) is 23.0. The Labute approximate surface area is 197 Å². The van der Waals surface area contributed by atoms with Gasteiger partial charge in [-0.2, -0.15) is 9.57 Å². The fourth-order valence-electron chi connectivity index (χ4n) is 4.34. The van der Waals surface area contributed by atoms with Crippen molar-refractivity contribution in [2.45, 2.75) is 68.3 Å². The van der Waals surface area contributed by atoms with Crippen molar-refractivity contribution in [3.63, 3.8) is 0 Å². The average Bonchev–Trinajstić information content (AvgIpc) is 2.81. The third kappa shape index (κ3) is 6.55. The molecule has 3 rings (SSSR count). The van der Waals surface area contributed by atoms with Crippen molar-refractivity contribution in [1.82, 2.24) is 9.62 Å². The summed E-state index contributed by atoms with van der Waals surface area (Å²) in [5.74, 6) is 0.478. The molecule has 0 heterocycles. The Kier molecular flexibility index (Phi) is 9.12. The molecule has 0 atom stereocenters. The molecule has 0 aromatic heterocycles. The van der Waals surface area contributed by atoms with Crippen LogP contribution in [0.2, 0.25) is 5.02 Å². The highest BCUT2D eigenvalue weighted by molar-refractivity contribution is 7.89. The van der Waals surface area contributed by atoms with Crippen molar-refractivity contribution in [2.75, 3.05) is 13.6 Å². The Balaban J connectivity index is 1.49. The van der Waals surface area contributed by atoms with E-state index >= 15 is 0 Å². The first kappa shape index (κ1) is 24.7. The van der Waals surface area contributed by atoms with E-state index in [2.05, 4.69) is 35.7 Å². The number of hydrogen-bond acceptors (Lipinski definition) is 4. The number of benzene rings is 2. The van der Waals surface area contributed by atoms with Crippen molar-refractivity contribution in [3.8, 4) is 6.07 Å². The first-order valence-electron chi connectivity index (χ1n) is 11.3. The summed E-state index contributed by atoms with van der Waals surface area (Å²) in [5, 5.41) is 12.5. The molecule has 1 fully saturated rings. The van der Waals surface area contributed by atoms with Crippen LogP contribution in [0.1, 0.15) is 62.0 Å². The third-order valence-electron chi connectivity index (χ3n) is 6.37. The molecule has 0 radical (unpaired) electrons. The zero-order valence-electron chi connectivity index (χ0n) is 18.6. The predicted molar refractivity (Wildman–Crippen MR) is 129 cm³/mol. The molecule has 0 amide bonds. The van der Waals surface area contributed by atoms with Crippen molar-refractivity contribution in [2.24, 2.45) is 0 Å². The predicted octanol–water partition coefficient (Wildman–Crippen LogP) is 5.47. The highest BCUT2D eigenvalue weighted by Gasteiger charge is 2.31. The summed E-state index contributed by atoms with van der Waals surface area (Å²) < 4.78 is 27.4. The number of nitrogens with zero attached hydrogens (tertiary/aromatic N) is 2. The monoisotopic (exact) mass is 473 g/mol. The van der Waals surface area contributed by atoms with Crippen molar-refractivity contribution < 1.29 is 8.42 Å². The van der Waals surface area contributed by atoms with Crippen molar-refractivity contribution in [1.29, 1.82) is 5.26 Å². The summed E-state index contributed by atoms with van der Waals surface area (Å²) in [5.41, 5.74) is 2.60. The Hall–Kier alpha value is -1.91. The van der Waals surface area contributed by atoms with E-state index in [4.69, 9.17) is 16.9 Å². The normalized spacial score (nSPS) is 19.1. The lowest BCUT2D eigenvalue weighted by Crippen LogP contribution is -2.39. The van der Waals surface area contributed by atoms with Gasteiger partial charge in [-0.05, 0) is 86.4 Å². The Morgan fingerprint density at radius 3 is 2.31 bits per heavy atom. The second-order valence-electron chi connectivity index (χ2n) is 8.51. The molecule has 0 spiro atoms. The summed E-state index contributed by atoms with van der Waals surface area (Å²) in [6.07, 6.45) is 6.29. The highest BCUT2D eigenvalue weighted by atomic mass is 35.5. The second-order valence-corrected chi connectivity index (χ2v) is 10.9. The molecule has 1 saturated carbocycles. The highest BCUT2D eigenvalue weighted by Crippen LogP contribution is 2.36. The van der Waals surface area contributed by atoms with E-state index in [9.17, 15) is 8.42 Å². The maximum absolute atomic E-state index is 13.0. The van der Waals surface area contributed by atoms with Gasteiger partial charge in [0.05, 0.1) is 11.0 Å². The number of halogens is 1. The molecular weight excluding hydrogens is 442 g/mol. The molecule has 5 nitrogen and oxygen atoms in total. The van der Waals surface area contributed by atoms with Crippen LogP contribution >= 0.6 is 11.6 Å². The minimum atomic E-state index is -3.51. The van der Waals surface area contributed by atoms with Gasteiger partial charge in [0.25, 0.3) is 0 Å². The fourth-order valence-corrected chi connectivity index (χ4v) is 5.88. The standard InChI is InChI=1S/C25H32ClN3O2S/c1-29(32(30,31)25-15-11-23(26)12-16-25)24-13-9-22(10-14-24)21-7-5-20(6-8-21)19-28-18-4-2-3-17-27/h5-8,11-12,15-16,22,24,28H,2-4,9-10,13-14,18-19H2,1H3. The Morgan fingerprint density at radius 1 is 1.03 bits per heavy atom. The van der Waals surface area contributed by atoms with Crippen LogP contribution < -0.4 is 5.32 Å². The van der Waals surface area contributed by atoms with Gasteiger partial charge in [-0.25, -0.2) is 8.42 Å². The smallest absolute Gasteiger partial charge is 0.243 e. The minimum Gasteiger partial charge on any atom is -0.313 e. The van der Waals surface area contributed by atoms with Crippen LogP contribution in [0.15, 0.2) is 53.4 Å². The number of hydrogen-bond donors (Lipinski definition) is 1. The lowest BCUT2D eigenvalue weighted by Gasteiger charge is -2.34. The quantitative estimate of drug-likeness (QED) is 0.464. The number of rotatable bonds is 10. The maximum atomic E-state index is 13.0. The van der Waals surface area contributed by atoms with Gasteiger partial charge >= 0.3 is 0 Å². The summed E-state index contributed by atoms with van der Waals surface area (Å²) in [6.45, 7) is 1.77. The van der Waals surface area contributed by atoms with Crippen LogP contribution in [-0.4, -0.2) is 32.4 Å². The van der Waals surface area contributed by atoms with Crippen LogP contribution in [-0.2, 0) is 16.6 Å². The molecule has 32 heavy (non-hydrogen) atoms. The van der Waals surface area contributed by atoms with Crippen LogP contribution in [0.3, 0.4) is 0 Å². The van der Waals surface area contributed by atoms with Crippen molar-refractivity contribution in [3.05, 3.63) is 64.7 Å². The molecule has 0 unspecified atom stereocenters. The molecule has 1 aliphatic rings. The summed E-state index contributed by atoms with van der Waals surface area (Å²) in [7, 11) is -1.82. The minimum absolute atomic E-state index is 0.0245. The van der Waals surface area contributed by atoms with E-state index in [-0.39, 0.29) is 6.04 Å². The van der Waals surface area contributed by atoms with Crippen LogP contribution in [0.4, 0.5) is 0 Å². The van der Waals surface area contributed by atoms with Gasteiger partial charge in [0.15, 0.2) is 0 Å². The van der Waals surface area contributed by atoms with Crippen LogP contribution in [0.5, 0.6) is 0 Å². The number of unbranched alkanes of at least 4 members (excludes halogenated alkanes) is 2. The van der Waals surface area contributed by atoms with Crippen LogP contribution in [0.25, 0.3) is 0 Å². The van der Waals surface area contributed by atoms with Gasteiger partial charge in [-0.1, -0.05) is 35.9 Å². The van der Waals surface area contributed by atoms with E-state index in [0.29, 0.717) is 22.3 Å². The summed E-state index contributed by atoms with van der Waals surface area (Å²) in [6, 6.07) is 17.4.